The van der Waals surface area contributed by atoms with Crippen LogP contribution in [0.1, 0.15) is 26.6 Å². The molecule has 0 bridgehead atoms. The topological polar surface area (TPSA) is 97.0 Å². The average molecular weight is 420 g/mol. The van der Waals surface area contributed by atoms with Gasteiger partial charge in [0.1, 0.15) is 10.8 Å². The van der Waals surface area contributed by atoms with Crippen LogP contribution in [0.2, 0.25) is 0 Å². The molecule has 8 heteroatoms. The Hall–Kier alpha value is -3.52. The minimum absolute atomic E-state index is 0.119. The molecule has 0 aliphatic heterocycles. The summed E-state index contributed by atoms with van der Waals surface area (Å²) in [4.78, 5) is 28.1. The molecule has 2 aromatic heterocycles. The summed E-state index contributed by atoms with van der Waals surface area (Å²) in [6.45, 7) is 1.79. The van der Waals surface area contributed by atoms with E-state index in [4.69, 9.17) is 4.74 Å². The summed E-state index contributed by atoms with van der Waals surface area (Å²) in [7, 11) is 1.64. The fraction of sp³-hybridized carbons (Fsp3) is 0.182. The molecule has 4 rings (SSSR count). The zero-order chi connectivity index (χ0) is 21.1. The van der Waals surface area contributed by atoms with Crippen LogP contribution in [0.15, 0.2) is 53.3 Å². The van der Waals surface area contributed by atoms with E-state index in [9.17, 15) is 9.59 Å². The number of pyridine rings is 1. The van der Waals surface area contributed by atoms with Crippen molar-refractivity contribution in [3.05, 3.63) is 80.6 Å². The van der Waals surface area contributed by atoms with Gasteiger partial charge in [-0.3, -0.25) is 14.9 Å². The van der Waals surface area contributed by atoms with E-state index in [2.05, 4.69) is 20.5 Å². The third kappa shape index (κ3) is 4.23. The van der Waals surface area contributed by atoms with Crippen LogP contribution in [0.25, 0.3) is 10.9 Å². The third-order valence-corrected chi connectivity index (χ3v) is 5.59. The second kappa shape index (κ2) is 8.46. The summed E-state index contributed by atoms with van der Waals surface area (Å²) in [6, 6.07) is 14.5. The summed E-state index contributed by atoms with van der Waals surface area (Å²) in [5.74, 6) is 0.485. The van der Waals surface area contributed by atoms with E-state index < -0.39 is 0 Å². The summed E-state index contributed by atoms with van der Waals surface area (Å²) < 4.78 is 5.25. The van der Waals surface area contributed by atoms with Crippen molar-refractivity contribution in [1.82, 2.24) is 15.2 Å². The van der Waals surface area contributed by atoms with E-state index >= 15 is 0 Å². The number of aromatic amines is 1. The first-order chi connectivity index (χ1) is 14.5. The summed E-state index contributed by atoms with van der Waals surface area (Å²) in [5.41, 5.74) is 2.63. The fourth-order valence-electron chi connectivity index (χ4n) is 3.24. The Bertz CT molecular complexity index is 1280. The molecule has 4 aromatic rings. The number of rotatable bonds is 6. The number of hydrogen-bond donors (Lipinski definition) is 2. The number of benzene rings is 2. The number of amides is 1. The van der Waals surface area contributed by atoms with E-state index in [1.165, 1.54) is 17.4 Å². The van der Waals surface area contributed by atoms with Crippen LogP contribution in [-0.2, 0) is 12.8 Å². The lowest BCUT2D eigenvalue weighted by atomic mass is 10.1. The predicted octanol–water partition coefficient (Wildman–Crippen LogP) is 3.73. The lowest BCUT2D eigenvalue weighted by Crippen LogP contribution is -2.14. The molecule has 0 aliphatic carbocycles. The molecule has 30 heavy (non-hydrogen) atoms. The van der Waals surface area contributed by atoms with E-state index in [1.807, 2.05) is 24.3 Å². The van der Waals surface area contributed by atoms with Gasteiger partial charge in [-0.15, -0.1) is 10.2 Å². The highest BCUT2D eigenvalue weighted by atomic mass is 32.1. The molecule has 7 nitrogen and oxygen atoms in total. The van der Waals surface area contributed by atoms with Gasteiger partial charge in [-0.1, -0.05) is 29.5 Å². The van der Waals surface area contributed by atoms with Gasteiger partial charge in [0, 0.05) is 23.6 Å². The minimum atomic E-state index is -0.336. The summed E-state index contributed by atoms with van der Waals surface area (Å²) in [5, 5.41) is 12.8. The second-order valence-electron chi connectivity index (χ2n) is 6.85. The molecule has 0 spiro atoms. The smallest absolute Gasteiger partial charge is 0.259 e. The molecule has 0 atom stereocenters. The van der Waals surface area contributed by atoms with Crippen molar-refractivity contribution in [2.24, 2.45) is 0 Å². The van der Waals surface area contributed by atoms with Crippen LogP contribution < -0.4 is 15.5 Å². The molecule has 152 valence electrons. The van der Waals surface area contributed by atoms with Gasteiger partial charge in [0.25, 0.3) is 5.91 Å². The number of hydrogen-bond acceptors (Lipinski definition) is 6. The van der Waals surface area contributed by atoms with Crippen LogP contribution in [0.3, 0.4) is 0 Å². The van der Waals surface area contributed by atoms with Gasteiger partial charge in [-0.05, 0) is 43.2 Å². The molecule has 0 fully saturated rings. The highest BCUT2D eigenvalue weighted by Crippen LogP contribution is 2.21. The number of carbonyl (C=O) groups is 1. The van der Waals surface area contributed by atoms with Gasteiger partial charge in [-0.2, -0.15) is 0 Å². The first-order valence-electron chi connectivity index (χ1n) is 9.43. The molecule has 0 aliphatic rings. The van der Waals surface area contributed by atoms with Crippen LogP contribution in [-0.4, -0.2) is 28.2 Å². The van der Waals surface area contributed by atoms with Crippen molar-refractivity contribution in [3.8, 4) is 5.75 Å². The number of carbonyl (C=O) groups excluding carboxylic acids is 1. The van der Waals surface area contributed by atoms with E-state index in [-0.39, 0.29) is 11.3 Å². The number of nitrogens with one attached hydrogen (secondary N) is 2. The second-order valence-corrected chi connectivity index (χ2v) is 7.91. The van der Waals surface area contributed by atoms with E-state index in [1.54, 1.807) is 32.2 Å². The van der Waals surface area contributed by atoms with Crippen LogP contribution in [0, 0.1) is 6.92 Å². The number of fused-ring (bicyclic) bond motifs is 1. The number of H-pyrrole nitrogens is 1. The van der Waals surface area contributed by atoms with Crippen molar-refractivity contribution in [1.29, 1.82) is 0 Å². The first-order valence-corrected chi connectivity index (χ1v) is 10.2. The predicted molar refractivity (Wildman–Crippen MR) is 118 cm³/mol. The standard InChI is InChI=1S/C22H20N4O3S/c1-13-11-18(27)16-7-4-8-17(20(16)23-13)21(28)24-22-26-25-19(30-22)10-9-14-5-3-6-15(12-14)29-2/h3-8,11-12H,9-10H2,1-2H3,(H,23,27)(H,24,26,28). The Kier molecular flexibility index (Phi) is 5.58. The molecule has 0 unspecified atom stereocenters. The number of para-hydroxylation sites is 1. The van der Waals surface area contributed by atoms with Crippen LogP contribution in [0.4, 0.5) is 5.13 Å². The van der Waals surface area contributed by atoms with Crippen molar-refractivity contribution < 1.29 is 9.53 Å². The van der Waals surface area contributed by atoms with Crippen LogP contribution in [0.5, 0.6) is 5.75 Å². The summed E-state index contributed by atoms with van der Waals surface area (Å²) in [6.07, 6.45) is 1.51. The molecule has 0 radical (unpaired) electrons. The minimum Gasteiger partial charge on any atom is -0.497 e. The maximum absolute atomic E-state index is 12.8. The molecule has 2 heterocycles. The number of nitrogens with zero attached hydrogens (tertiary/aromatic N) is 2. The largest absolute Gasteiger partial charge is 0.497 e. The zero-order valence-corrected chi connectivity index (χ0v) is 17.4. The van der Waals surface area contributed by atoms with Crippen molar-refractivity contribution in [2.45, 2.75) is 19.8 Å². The zero-order valence-electron chi connectivity index (χ0n) is 16.6. The average Bonchev–Trinajstić information content (AvgIpc) is 3.19. The lowest BCUT2D eigenvalue weighted by Gasteiger charge is -2.06. The Labute approximate surface area is 176 Å². The fourth-order valence-corrected chi connectivity index (χ4v) is 3.97. The SMILES string of the molecule is COc1cccc(CCc2nnc(NC(=O)c3cccc4c(=O)cc(C)[nH]c34)s2)c1. The van der Waals surface area contributed by atoms with E-state index in [0.717, 1.165) is 22.7 Å². The number of aryl methyl sites for hydroxylation is 3. The highest BCUT2D eigenvalue weighted by molar-refractivity contribution is 7.15. The number of methoxy groups -OCH3 is 1. The molecule has 0 saturated carbocycles. The molecule has 1 amide bonds. The first kappa shape index (κ1) is 19.8. The Morgan fingerprint density at radius 1 is 1.13 bits per heavy atom. The van der Waals surface area contributed by atoms with Crippen molar-refractivity contribution in [2.75, 3.05) is 12.4 Å². The molecular weight excluding hydrogens is 400 g/mol. The van der Waals surface area contributed by atoms with Crippen LogP contribution >= 0.6 is 11.3 Å². The number of aromatic nitrogens is 3. The normalized spacial score (nSPS) is 10.9. The van der Waals surface area contributed by atoms with Gasteiger partial charge in [0.05, 0.1) is 18.2 Å². The maximum Gasteiger partial charge on any atom is 0.259 e. The van der Waals surface area contributed by atoms with Gasteiger partial charge in [0.2, 0.25) is 5.13 Å². The molecular formula is C22H20N4O3S. The van der Waals surface area contributed by atoms with Crippen molar-refractivity contribution in [3.63, 3.8) is 0 Å². The Morgan fingerprint density at radius 2 is 1.97 bits per heavy atom. The number of ether oxygens (including phenoxy) is 1. The molecule has 2 N–H and O–H groups in total. The summed E-state index contributed by atoms with van der Waals surface area (Å²) >= 11 is 1.34. The lowest BCUT2D eigenvalue weighted by molar-refractivity contribution is 0.102. The van der Waals surface area contributed by atoms with Gasteiger partial charge < -0.3 is 9.72 Å². The third-order valence-electron chi connectivity index (χ3n) is 4.69. The molecule has 0 saturated heterocycles. The quantitative estimate of drug-likeness (QED) is 0.495. The monoisotopic (exact) mass is 420 g/mol. The van der Waals surface area contributed by atoms with Gasteiger partial charge in [0.15, 0.2) is 5.43 Å². The highest BCUT2D eigenvalue weighted by Gasteiger charge is 2.15. The van der Waals surface area contributed by atoms with Gasteiger partial charge in [-0.25, -0.2) is 0 Å². The van der Waals surface area contributed by atoms with E-state index in [0.29, 0.717) is 33.7 Å². The Balaban J connectivity index is 1.48. The molecule has 2 aromatic carbocycles. The Morgan fingerprint density at radius 3 is 2.80 bits per heavy atom. The number of anilines is 1. The van der Waals surface area contributed by atoms with Crippen molar-refractivity contribution >= 4 is 33.3 Å². The maximum atomic E-state index is 12.8. The van der Waals surface area contributed by atoms with Gasteiger partial charge >= 0.3 is 0 Å².